The van der Waals surface area contributed by atoms with Crippen molar-refractivity contribution >= 4 is 28.3 Å². The zero-order chi connectivity index (χ0) is 19.8. The summed E-state index contributed by atoms with van der Waals surface area (Å²) in [5.74, 6) is -1.51. The van der Waals surface area contributed by atoms with Crippen LogP contribution >= 0.6 is 0 Å². The molecule has 1 amide bonds. The maximum Gasteiger partial charge on any atom is 0.408 e. The zero-order valence-corrected chi connectivity index (χ0v) is 15.8. The third-order valence-corrected chi connectivity index (χ3v) is 4.25. The smallest absolute Gasteiger partial charge is 0.408 e. The molecule has 0 aliphatic rings. The van der Waals surface area contributed by atoms with Gasteiger partial charge in [0.25, 0.3) is 10.0 Å². The molecule has 0 saturated heterocycles. The van der Waals surface area contributed by atoms with Crippen molar-refractivity contribution in [3.05, 3.63) is 35.9 Å². The number of nitrogens with zero attached hydrogens (tertiary/aromatic N) is 1. The van der Waals surface area contributed by atoms with Crippen molar-refractivity contribution in [3.8, 4) is 0 Å². The molecule has 144 valence electrons. The topological polar surface area (TPSA) is 122 Å². The molecule has 8 nitrogen and oxygen atoms in total. The van der Waals surface area contributed by atoms with E-state index in [0.717, 1.165) is 11.8 Å². The summed E-state index contributed by atoms with van der Waals surface area (Å²) in [7, 11) is -3.73. The first-order chi connectivity index (χ1) is 12.0. The van der Waals surface area contributed by atoms with E-state index in [-0.39, 0.29) is 12.2 Å². The van der Waals surface area contributed by atoms with Gasteiger partial charge >= 0.3 is 12.1 Å². The summed E-state index contributed by atoms with van der Waals surface area (Å²) >= 11 is 0. The Balaban J connectivity index is 2.58. The highest BCUT2D eigenvalue weighted by atomic mass is 32.2. The number of rotatable bonds is 8. The monoisotopic (exact) mass is 384 g/mol. The zero-order valence-electron chi connectivity index (χ0n) is 15.0. The van der Waals surface area contributed by atoms with Crippen molar-refractivity contribution in [1.82, 2.24) is 5.32 Å². The van der Waals surface area contributed by atoms with Gasteiger partial charge in [0.1, 0.15) is 11.6 Å². The molecule has 0 aliphatic heterocycles. The molecule has 1 aromatic carbocycles. The molecule has 2 N–H and O–H groups in total. The molecule has 9 heteroatoms. The lowest BCUT2D eigenvalue weighted by atomic mass is 10.2. The van der Waals surface area contributed by atoms with Gasteiger partial charge in [0.2, 0.25) is 0 Å². The van der Waals surface area contributed by atoms with Gasteiger partial charge in [-0.25, -0.2) is 18.0 Å². The molecule has 1 rings (SSSR count). The van der Waals surface area contributed by atoms with E-state index in [0.29, 0.717) is 6.42 Å². The molecular weight excluding hydrogens is 360 g/mol. The van der Waals surface area contributed by atoms with Crippen LogP contribution in [0.3, 0.4) is 0 Å². The molecule has 0 bridgehead atoms. The number of nitrogens with one attached hydrogen (secondary N) is 1. The first kappa shape index (κ1) is 21.6. The van der Waals surface area contributed by atoms with E-state index in [9.17, 15) is 18.0 Å². The lowest BCUT2D eigenvalue weighted by molar-refractivity contribution is -0.139. The van der Waals surface area contributed by atoms with Gasteiger partial charge in [-0.1, -0.05) is 30.3 Å². The normalized spacial score (nSPS) is 13.3. The molecule has 0 unspecified atom stereocenters. The van der Waals surface area contributed by atoms with Gasteiger partial charge in [0.15, 0.2) is 0 Å². The van der Waals surface area contributed by atoms with Crippen LogP contribution in [0, 0.1) is 0 Å². The van der Waals surface area contributed by atoms with E-state index in [1.165, 1.54) is 0 Å². The van der Waals surface area contributed by atoms with Gasteiger partial charge in [-0.05, 0) is 32.8 Å². The second kappa shape index (κ2) is 9.33. The number of carboxylic acids is 1. The van der Waals surface area contributed by atoms with Gasteiger partial charge in [-0.3, -0.25) is 0 Å². The molecule has 0 saturated carbocycles. The first-order valence-electron chi connectivity index (χ1n) is 8.01. The summed E-state index contributed by atoms with van der Waals surface area (Å²) in [5, 5.41) is 11.3. The van der Waals surface area contributed by atoms with E-state index in [4.69, 9.17) is 9.84 Å². The second-order valence-electron chi connectivity index (χ2n) is 6.58. The minimum atomic E-state index is -3.73. The van der Waals surface area contributed by atoms with Crippen molar-refractivity contribution in [3.63, 3.8) is 0 Å². The molecule has 0 spiro atoms. The summed E-state index contributed by atoms with van der Waals surface area (Å²) in [6.45, 7) is 4.93. The van der Waals surface area contributed by atoms with E-state index in [1.54, 1.807) is 20.8 Å². The van der Waals surface area contributed by atoms with Crippen molar-refractivity contribution in [2.75, 3.05) is 5.75 Å². The molecule has 0 heterocycles. The van der Waals surface area contributed by atoms with Crippen LogP contribution in [-0.2, 0) is 26.0 Å². The third-order valence-electron chi connectivity index (χ3n) is 3.06. The van der Waals surface area contributed by atoms with Crippen LogP contribution in [-0.4, -0.2) is 49.2 Å². The van der Waals surface area contributed by atoms with Crippen LogP contribution in [0.15, 0.2) is 34.7 Å². The van der Waals surface area contributed by atoms with Gasteiger partial charge in [-0.15, -0.1) is 0 Å². The summed E-state index contributed by atoms with van der Waals surface area (Å²) in [5.41, 5.74) is 0.0865. The molecule has 0 fully saturated rings. The summed E-state index contributed by atoms with van der Waals surface area (Å²) < 4.78 is 32.3. The SMILES string of the molecule is CC(C)(C)OC(=O)N[C@@H](CC=NS(=O)(=O)CCc1ccccc1)C(=O)O. The van der Waals surface area contributed by atoms with Gasteiger partial charge in [0, 0.05) is 12.6 Å². The van der Waals surface area contributed by atoms with Gasteiger partial charge in [0.05, 0.1) is 5.75 Å². The van der Waals surface area contributed by atoms with E-state index < -0.39 is 33.7 Å². The molecule has 0 aliphatic carbocycles. The fraction of sp³-hybridized carbons (Fsp3) is 0.471. The molecule has 26 heavy (non-hydrogen) atoms. The number of hydrogen-bond acceptors (Lipinski definition) is 5. The van der Waals surface area contributed by atoms with E-state index in [2.05, 4.69) is 9.71 Å². The highest BCUT2D eigenvalue weighted by Gasteiger charge is 2.23. The van der Waals surface area contributed by atoms with Crippen LogP contribution in [0.1, 0.15) is 32.8 Å². The standard InChI is InChI=1S/C17H24N2O6S/c1-17(2,3)25-16(22)19-14(15(20)21)9-11-18-26(23,24)12-10-13-7-5-4-6-8-13/h4-8,11,14H,9-10,12H2,1-3H3,(H,19,22)(H,20,21)/t14-/m0/s1. The lowest BCUT2D eigenvalue weighted by Crippen LogP contribution is -2.43. The summed E-state index contributed by atoms with van der Waals surface area (Å²) in [6, 6.07) is 7.74. The number of hydrogen-bond donors (Lipinski definition) is 2. The molecule has 1 atom stereocenters. The highest BCUT2D eigenvalue weighted by Crippen LogP contribution is 2.07. The number of benzene rings is 1. The molecular formula is C17H24N2O6S. The quantitative estimate of drug-likeness (QED) is 0.661. The average Bonchev–Trinajstić information content (AvgIpc) is 2.51. The number of amides is 1. The van der Waals surface area contributed by atoms with Crippen molar-refractivity contribution in [2.24, 2.45) is 4.40 Å². The number of sulfonamides is 1. The Hall–Kier alpha value is -2.42. The van der Waals surface area contributed by atoms with Crippen LogP contribution in [0.2, 0.25) is 0 Å². The number of carbonyl (C=O) groups is 2. The number of carbonyl (C=O) groups excluding carboxylic acids is 1. The van der Waals surface area contributed by atoms with Crippen LogP contribution in [0.5, 0.6) is 0 Å². The van der Waals surface area contributed by atoms with Gasteiger partial charge in [-0.2, -0.15) is 4.40 Å². The molecule has 1 aromatic rings. The average molecular weight is 384 g/mol. The van der Waals surface area contributed by atoms with Gasteiger partial charge < -0.3 is 15.2 Å². The van der Waals surface area contributed by atoms with Crippen LogP contribution in [0.4, 0.5) is 4.79 Å². The Morgan fingerprint density at radius 2 is 1.88 bits per heavy atom. The Bertz CT molecular complexity index is 738. The Morgan fingerprint density at radius 3 is 2.42 bits per heavy atom. The Kier molecular flexibility index (Phi) is 7.76. The Labute approximate surface area is 153 Å². The maximum atomic E-state index is 11.9. The second-order valence-corrected chi connectivity index (χ2v) is 8.37. The predicted molar refractivity (Wildman–Crippen MR) is 97.8 cm³/mol. The van der Waals surface area contributed by atoms with Crippen LogP contribution in [0.25, 0.3) is 0 Å². The fourth-order valence-electron chi connectivity index (χ4n) is 1.88. The Morgan fingerprint density at radius 1 is 1.27 bits per heavy atom. The van der Waals surface area contributed by atoms with Crippen molar-refractivity contribution < 1.29 is 27.9 Å². The molecule has 0 radical (unpaired) electrons. The maximum absolute atomic E-state index is 11.9. The number of ether oxygens (including phenoxy) is 1. The highest BCUT2D eigenvalue weighted by molar-refractivity contribution is 7.90. The minimum absolute atomic E-state index is 0.190. The number of aryl methyl sites for hydroxylation is 1. The summed E-state index contributed by atoms with van der Waals surface area (Å²) in [6.07, 6.45) is 0.111. The van der Waals surface area contributed by atoms with E-state index >= 15 is 0 Å². The lowest BCUT2D eigenvalue weighted by Gasteiger charge is -2.21. The minimum Gasteiger partial charge on any atom is -0.480 e. The molecule has 0 aromatic heterocycles. The predicted octanol–water partition coefficient (Wildman–Crippen LogP) is 2.00. The fourth-order valence-corrected chi connectivity index (χ4v) is 2.79. The number of aliphatic carboxylic acids is 1. The first-order valence-corrected chi connectivity index (χ1v) is 9.62. The third kappa shape index (κ3) is 9.16. The summed E-state index contributed by atoms with van der Waals surface area (Å²) in [4.78, 5) is 22.8. The number of carboxylic acid groups (broad SMARTS) is 1. The number of alkyl carbamates (subject to hydrolysis) is 1. The largest absolute Gasteiger partial charge is 0.480 e. The van der Waals surface area contributed by atoms with Crippen molar-refractivity contribution in [1.29, 1.82) is 0 Å². The van der Waals surface area contributed by atoms with E-state index in [1.807, 2.05) is 30.3 Å². The van der Waals surface area contributed by atoms with Crippen molar-refractivity contribution in [2.45, 2.75) is 45.3 Å². The van der Waals surface area contributed by atoms with Crippen LogP contribution < -0.4 is 5.32 Å².